The summed E-state index contributed by atoms with van der Waals surface area (Å²) in [4.78, 5) is 17.1. The van der Waals surface area contributed by atoms with Gasteiger partial charge in [-0.3, -0.25) is 4.79 Å². The molecule has 0 spiro atoms. The van der Waals surface area contributed by atoms with Crippen molar-refractivity contribution >= 4 is 28.6 Å². The highest BCUT2D eigenvalue weighted by atomic mass is 16.5. The van der Waals surface area contributed by atoms with E-state index < -0.39 is 0 Å². The van der Waals surface area contributed by atoms with Crippen molar-refractivity contribution in [1.29, 1.82) is 0 Å². The molecule has 4 rings (SSSR count). The van der Waals surface area contributed by atoms with E-state index in [2.05, 4.69) is 36.0 Å². The Hall–Kier alpha value is -3.02. The van der Waals surface area contributed by atoms with Crippen LogP contribution in [0, 0.1) is 11.3 Å². The van der Waals surface area contributed by atoms with Crippen LogP contribution < -0.4 is 15.4 Å². The second-order valence-electron chi connectivity index (χ2n) is 9.74. The average Bonchev–Trinajstić information content (AvgIpc) is 3.10. The van der Waals surface area contributed by atoms with Crippen LogP contribution in [0.25, 0.3) is 11.0 Å². The lowest BCUT2D eigenvalue weighted by Crippen LogP contribution is -2.29. The van der Waals surface area contributed by atoms with E-state index >= 15 is 0 Å². The zero-order chi connectivity index (χ0) is 22.9. The van der Waals surface area contributed by atoms with E-state index in [1.807, 2.05) is 49.4 Å². The predicted molar refractivity (Wildman–Crippen MR) is 130 cm³/mol. The third-order valence-electron chi connectivity index (χ3n) is 6.33. The highest BCUT2D eigenvalue weighted by molar-refractivity contribution is 5.97. The van der Waals surface area contributed by atoms with Crippen molar-refractivity contribution in [2.75, 3.05) is 19.0 Å². The zero-order valence-corrected chi connectivity index (χ0v) is 19.7. The molecule has 1 aromatic heterocycles. The average molecular weight is 435 g/mol. The van der Waals surface area contributed by atoms with Crippen LogP contribution in [-0.4, -0.2) is 29.1 Å². The first-order valence-electron chi connectivity index (χ1n) is 11.5. The molecule has 0 bridgehead atoms. The van der Waals surface area contributed by atoms with Gasteiger partial charge in [0.05, 0.1) is 17.6 Å². The van der Waals surface area contributed by atoms with Gasteiger partial charge >= 0.3 is 0 Å². The topological polar surface area (TPSA) is 68.2 Å². The van der Waals surface area contributed by atoms with Crippen LogP contribution in [0.5, 0.6) is 5.75 Å². The summed E-state index contributed by atoms with van der Waals surface area (Å²) in [6.45, 7) is 9.69. The smallest absolute Gasteiger partial charge is 0.251 e. The second kappa shape index (κ2) is 8.85. The minimum absolute atomic E-state index is 0.102. The number of carbonyl (C=O) groups is 1. The van der Waals surface area contributed by atoms with Crippen molar-refractivity contribution in [1.82, 2.24) is 14.9 Å². The van der Waals surface area contributed by atoms with Gasteiger partial charge in [-0.25, -0.2) is 4.98 Å². The number of hydrogen-bond acceptors (Lipinski definition) is 4. The van der Waals surface area contributed by atoms with E-state index in [-0.39, 0.29) is 11.3 Å². The number of imidazole rings is 1. The Morgan fingerprint density at radius 2 is 1.94 bits per heavy atom. The molecule has 1 saturated carbocycles. The first kappa shape index (κ1) is 22.2. The maximum absolute atomic E-state index is 12.2. The van der Waals surface area contributed by atoms with Crippen LogP contribution >= 0.6 is 0 Å². The molecule has 6 heteroatoms. The van der Waals surface area contributed by atoms with Gasteiger partial charge in [0.2, 0.25) is 5.95 Å². The monoisotopic (exact) mass is 434 g/mol. The second-order valence-corrected chi connectivity index (χ2v) is 9.74. The standard InChI is InChI=1S/C26H34N4O2/c1-6-32-21-10-8-19(9-11-21)28-25-29-22-14-18(24(31)27-5)7-12-23(22)30(25)20-13-17(2)15-26(3,4)16-20/h7-12,14,17,20H,6,13,15-16H2,1-5H3,(H,27,31)(H,28,29)/t17-,20-/m1/s1. The number of amides is 1. The minimum Gasteiger partial charge on any atom is -0.494 e. The Kier molecular flexibility index (Phi) is 6.13. The van der Waals surface area contributed by atoms with Crippen molar-refractivity contribution in [3.8, 4) is 5.75 Å². The first-order valence-corrected chi connectivity index (χ1v) is 11.5. The molecule has 0 saturated heterocycles. The molecular formula is C26H34N4O2. The largest absolute Gasteiger partial charge is 0.494 e. The van der Waals surface area contributed by atoms with Gasteiger partial charge < -0.3 is 19.9 Å². The maximum Gasteiger partial charge on any atom is 0.251 e. The van der Waals surface area contributed by atoms with Crippen LogP contribution in [0.1, 0.15) is 63.4 Å². The number of carbonyl (C=O) groups excluding carboxylic acids is 1. The number of hydrogen-bond donors (Lipinski definition) is 2. The summed E-state index contributed by atoms with van der Waals surface area (Å²) in [5.41, 5.74) is 3.74. The van der Waals surface area contributed by atoms with Gasteiger partial charge in [-0.1, -0.05) is 20.8 Å². The van der Waals surface area contributed by atoms with Gasteiger partial charge in [-0.05, 0) is 80.0 Å². The van der Waals surface area contributed by atoms with E-state index in [0.717, 1.165) is 41.3 Å². The molecule has 1 aliphatic rings. The minimum atomic E-state index is -0.102. The Labute approximate surface area is 190 Å². The van der Waals surface area contributed by atoms with Crippen LogP contribution in [0.2, 0.25) is 0 Å². The molecule has 32 heavy (non-hydrogen) atoms. The van der Waals surface area contributed by atoms with E-state index in [4.69, 9.17) is 9.72 Å². The molecule has 1 heterocycles. The lowest BCUT2D eigenvalue weighted by molar-refractivity contribution is 0.0963. The highest BCUT2D eigenvalue weighted by Crippen LogP contribution is 2.46. The molecule has 2 aromatic carbocycles. The van der Waals surface area contributed by atoms with Gasteiger partial charge in [-0.15, -0.1) is 0 Å². The van der Waals surface area contributed by atoms with E-state index in [9.17, 15) is 4.79 Å². The van der Waals surface area contributed by atoms with Crippen LogP contribution in [-0.2, 0) is 0 Å². The molecule has 3 aromatic rings. The third-order valence-corrected chi connectivity index (χ3v) is 6.33. The van der Waals surface area contributed by atoms with E-state index in [0.29, 0.717) is 24.1 Å². The summed E-state index contributed by atoms with van der Waals surface area (Å²) in [5, 5.41) is 6.23. The number of aromatic nitrogens is 2. The van der Waals surface area contributed by atoms with E-state index in [1.165, 1.54) is 6.42 Å². The van der Waals surface area contributed by atoms with Crippen molar-refractivity contribution in [3.63, 3.8) is 0 Å². The van der Waals surface area contributed by atoms with Crippen molar-refractivity contribution in [2.45, 2.75) is 53.0 Å². The zero-order valence-electron chi connectivity index (χ0n) is 19.7. The summed E-state index contributed by atoms with van der Waals surface area (Å²) in [6.07, 6.45) is 3.45. The molecule has 2 N–H and O–H groups in total. The van der Waals surface area contributed by atoms with Crippen LogP contribution in [0.4, 0.5) is 11.6 Å². The van der Waals surface area contributed by atoms with Crippen molar-refractivity contribution in [3.05, 3.63) is 48.0 Å². The number of nitrogens with one attached hydrogen (secondary N) is 2. The first-order chi connectivity index (χ1) is 15.3. The number of benzene rings is 2. The van der Waals surface area contributed by atoms with Gasteiger partial charge in [0.25, 0.3) is 5.91 Å². The van der Waals surface area contributed by atoms with Crippen molar-refractivity contribution < 1.29 is 9.53 Å². The molecule has 0 radical (unpaired) electrons. The summed E-state index contributed by atoms with van der Waals surface area (Å²) in [6, 6.07) is 14.1. The molecule has 0 unspecified atom stereocenters. The Balaban J connectivity index is 1.77. The molecule has 1 fully saturated rings. The number of ether oxygens (including phenoxy) is 1. The lowest BCUT2D eigenvalue weighted by Gasteiger charge is -2.40. The number of nitrogens with zero attached hydrogens (tertiary/aromatic N) is 2. The fraction of sp³-hybridized carbons (Fsp3) is 0.462. The number of fused-ring (bicyclic) bond motifs is 1. The summed E-state index contributed by atoms with van der Waals surface area (Å²) >= 11 is 0. The number of anilines is 2. The Morgan fingerprint density at radius 3 is 2.59 bits per heavy atom. The Morgan fingerprint density at radius 1 is 1.19 bits per heavy atom. The summed E-state index contributed by atoms with van der Waals surface area (Å²) in [7, 11) is 1.65. The normalized spacial score (nSPS) is 20.2. The molecule has 0 aliphatic heterocycles. The molecule has 1 aliphatic carbocycles. The van der Waals surface area contributed by atoms with Crippen LogP contribution in [0.15, 0.2) is 42.5 Å². The van der Waals surface area contributed by atoms with Crippen LogP contribution in [0.3, 0.4) is 0 Å². The molecule has 6 nitrogen and oxygen atoms in total. The third kappa shape index (κ3) is 4.59. The van der Waals surface area contributed by atoms with Gasteiger partial charge in [-0.2, -0.15) is 0 Å². The molecule has 170 valence electrons. The van der Waals surface area contributed by atoms with Gasteiger partial charge in [0.1, 0.15) is 5.75 Å². The van der Waals surface area contributed by atoms with E-state index in [1.54, 1.807) is 7.05 Å². The fourth-order valence-corrected chi connectivity index (χ4v) is 5.26. The van der Waals surface area contributed by atoms with Gasteiger partial charge in [0, 0.05) is 24.3 Å². The molecular weight excluding hydrogens is 400 g/mol. The number of rotatable bonds is 6. The lowest BCUT2D eigenvalue weighted by atomic mass is 9.70. The summed E-state index contributed by atoms with van der Waals surface area (Å²) < 4.78 is 7.92. The molecule has 2 atom stereocenters. The van der Waals surface area contributed by atoms with Crippen molar-refractivity contribution in [2.24, 2.45) is 11.3 Å². The summed E-state index contributed by atoms with van der Waals surface area (Å²) in [5.74, 6) is 2.21. The quantitative estimate of drug-likeness (QED) is 0.505. The molecule has 1 amide bonds. The predicted octanol–water partition coefficient (Wildman–Crippen LogP) is 5.93. The Bertz CT molecular complexity index is 1100. The SMILES string of the molecule is CCOc1ccc(Nc2nc3cc(C(=O)NC)ccc3n2[C@@H]2C[C@@H](C)CC(C)(C)C2)cc1. The maximum atomic E-state index is 12.2. The van der Waals surface area contributed by atoms with Gasteiger partial charge in [0.15, 0.2) is 0 Å². The fourth-order valence-electron chi connectivity index (χ4n) is 5.26. The highest BCUT2D eigenvalue weighted by Gasteiger charge is 2.34.